The van der Waals surface area contributed by atoms with Crippen LogP contribution in [0.4, 0.5) is 11.5 Å². The van der Waals surface area contributed by atoms with Gasteiger partial charge >= 0.3 is 0 Å². The third kappa shape index (κ3) is 4.39. The molecular formula is C19H21N3O2S. The number of nitrogens with one attached hydrogen (secondary N) is 1. The Hall–Kier alpha value is -2.34. The zero-order valence-electron chi connectivity index (χ0n) is 14.1. The number of benzene rings is 1. The Balaban J connectivity index is 1.70. The number of hydrogen-bond acceptors (Lipinski definition) is 4. The van der Waals surface area contributed by atoms with Gasteiger partial charge in [-0.05, 0) is 17.9 Å². The van der Waals surface area contributed by atoms with Crippen LogP contribution in [-0.2, 0) is 9.59 Å². The molecule has 0 aliphatic carbocycles. The maximum absolute atomic E-state index is 12.4. The van der Waals surface area contributed by atoms with Gasteiger partial charge in [0.2, 0.25) is 11.8 Å². The van der Waals surface area contributed by atoms with Crippen LogP contribution in [0, 0.1) is 0 Å². The number of aromatic nitrogens is 1. The zero-order valence-corrected chi connectivity index (χ0v) is 15.0. The van der Waals surface area contributed by atoms with Crippen LogP contribution in [0.3, 0.4) is 0 Å². The number of pyridine rings is 1. The van der Waals surface area contributed by atoms with E-state index in [1.807, 2.05) is 30.5 Å². The molecule has 1 atom stereocenters. The number of anilines is 2. The van der Waals surface area contributed by atoms with Crippen LogP contribution in [0.5, 0.6) is 0 Å². The van der Waals surface area contributed by atoms with Gasteiger partial charge in [0.15, 0.2) is 0 Å². The molecule has 5 nitrogen and oxygen atoms in total. The van der Waals surface area contributed by atoms with Crippen molar-refractivity contribution in [2.45, 2.75) is 18.8 Å². The van der Waals surface area contributed by atoms with Gasteiger partial charge in [-0.25, -0.2) is 4.98 Å². The summed E-state index contributed by atoms with van der Waals surface area (Å²) >= 11 is 1.63. The van der Waals surface area contributed by atoms with Crippen LogP contribution in [0.2, 0.25) is 0 Å². The SMILES string of the molecule is CSCCC(=O)Nc1cc(N2CC(c3ccccc3)CC2=O)ccn1. The van der Waals surface area contributed by atoms with Crippen molar-refractivity contribution in [3.05, 3.63) is 54.2 Å². The number of hydrogen-bond donors (Lipinski definition) is 1. The molecule has 2 amide bonds. The van der Waals surface area contributed by atoms with E-state index in [9.17, 15) is 9.59 Å². The van der Waals surface area contributed by atoms with Gasteiger partial charge in [-0.2, -0.15) is 11.8 Å². The summed E-state index contributed by atoms with van der Waals surface area (Å²) in [5, 5.41) is 2.80. The average Bonchev–Trinajstić information content (AvgIpc) is 3.03. The van der Waals surface area contributed by atoms with Crippen LogP contribution in [0.25, 0.3) is 0 Å². The standard InChI is InChI=1S/C19H21N3O2S/c1-25-10-8-18(23)21-17-12-16(7-9-20-17)22-13-15(11-19(22)24)14-5-3-2-4-6-14/h2-7,9,12,15H,8,10-11,13H2,1H3,(H,20,21,23). The molecule has 0 bridgehead atoms. The lowest BCUT2D eigenvalue weighted by Gasteiger charge is -2.17. The first-order valence-electron chi connectivity index (χ1n) is 8.27. The Labute approximate surface area is 151 Å². The molecule has 2 heterocycles. The second-order valence-corrected chi connectivity index (χ2v) is 6.99. The predicted molar refractivity (Wildman–Crippen MR) is 102 cm³/mol. The first-order chi connectivity index (χ1) is 12.2. The molecule has 1 aliphatic heterocycles. The fourth-order valence-corrected chi connectivity index (χ4v) is 3.35. The molecule has 1 unspecified atom stereocenters. The summed E-state index contributed by atoms with van der Waals surface area (Å²) in [7, 11) is 0. The van der Waals surface area contributed by atoms with Crippen molar-refractivity contribution in [2.24, 2.45) is 0 Å². The maximum atomic E-state index is 12.4. The predicted octanol–water partition coefficient (Wildman–Crippen LogP) is 3.29. The largest absolute Gasteiger partial charge is 0.312 e. The third-order valence-electron chi connectivity index (χ3n) is 4.25. The van der Waals surface area contributed by atoms with E-state index in [1.165, 1.54) is 5.56 Å². The minimum Gasteiger partial charge on any atom is -0.312 e. The first-order valence-corrected chi connectivity index (χ1v) is 9.67. The minimum absolute atomic E-state index is 0.0612. The quantitative estimate of drug-likeness (QED) is 0.864. The Kier molecular flexibility index (Phi) is 5.71. The van der Waals surface area contributed by atoms with E-state index in [1.54, 1.807) is 28.9 Å². The van der Waals surface area contributed by atoms with Crippen LogP contribution >= 0.6 is 11.8 Å². The number of amides is 2. The molecule has 3 rings (SSSR count). The van der Waals surface area contributed by atoms with Gasteiger partial charge < -0.3 is 10.2 Å². The van der Waals surface area contributed by atoms with Crippen LogP contribution < -0.4 is 10.2 Å². The number of rotatable bonds is 6. The molecule has 1 aliphatic rings. The lowest BCUT2D eigenvalue weighted by atomic mass is 9.99. The summed E-state index contributed by atoms with van der Waals surface area (Å²) in [6.45, 7) is 0.646. The van der Waals surface area contributed by atoms with Gasteiger partial charge in [-0.3, -0.25) is 9.59 Å². The number of nitrogens with zero attached hydrogens (tertiary/aromatic N) is 2. The molecule has 1 N–H and O–H groups in total. The second kappa shape index (κ2) is 8.16. The molecule has 2 aromatic rings. The molecule has 1 saturated heterocycles. The average molecular weight is 355 g/mol. The van der Waals surface area contributed by atoms with Gasteiger partial charge in [-0.15, -0.1) is 0 Å². The summed E-state index contributed by atoms with van der Waals surface area (Å²) in [4.78, 5) is 30.3. The Morgan fingerprint density at radius 3 is 2.88 bits per heavy atom. The fourth-order valence-electron chi connectivity index (χ4n) is 2.96. The lowest BCUT2D eigenvalue weighted by molar-refractivity contribution is -0.117. The van der Waals surface area contributed by atoms with Crippen molar-refractivity contribution in [1.82, 2.24) is 4.98 Å². The van der Waals surface area contributed by atoms with E-state index in [-0.39, 0.29) is 17.7 Å². The number of carbonyl (C=O) groups excluding carboxylic acids is 2. The molecule has 0 saturated carbocycles. The Morgan fingerprint density at radius 1 is 1.32 bits per heavy atom. The summed E-state index contributed by atoms with van der Waals surface area (Å²) in [6.07, 6.45) is 4.55. The topological polar surface area (TPSA) is 62.3 Å². The van der Waals surface area contributed by atoms with Crippen molar-refractivity contribution in [2.75, 3.05) is 28.8 Å². The molecule has 25 heavy (non-hydrogen) atoms. The zero-order chi connectivity index (χ0) is 17.6. The monoisotopic (exact) mass is 355 g/mol. The van der Waals surface area contributed by atoms with E-state index >= 15 is 0 Å². The minimum atomic E-state index is -0.0612. The molecular weight excluding hydrogens is 334 g/mol. The van der Waals surface area contributed by atoms with E-state index in [0.29, 0.717) is 25.2 Å². The van der Waals surface area contributed by atoms with E-state index < -0.39 is 0 Å². The van der Waals surface area contributed by atoms with Crippen LogP contribution in [-0.4, -0.2) is 35.4 Å². The highest BCUT2D eigenvalue weighted by Crippen LogP contribution is 2.32. The summed E-state index contributed by atoms with van der Waals surface area (Å²) in [6, 6.07) is 13.7. The fraction of sp³-hybridized carbons (Fsp3) is 0.316. The van der Waals surface area contributed by atoms with Crippen molar-refractivity contribution < 1.29 is 9.59 Å². The molecule has 1 aromatic carbocycles. The van der Waals surface area contributed by atoms with Crippen LogP contribution in [0.15, 0.2) is 48.7 Å². The van der Waals surface area contributed by atoms with E-state index in [0.717, 1.165) is 11.4 Å². The molecule has 0 spiro atoms. The van der Waals surface area contributed by atoms with E-state index in [2.05, 4.69) is 22.4 Å². The van der Waals surface area contributed by atoms with Crippen LogP contribution in [0.1, 0.15) is 24.3 Å². The van der Waals surface area contributed by atoms with Gasteiger partial charge in [0.05, 0.1) is 0 Å². The molecule has 1 aromatic heterocycles. The molecule has 0 radical (unpaired) electrons. The summed E-state index contributed by atoms with van der Waals surface area (Å²) in [5.41, 5.74) is 1.96. The Morgan fingerprint density at radius 2 is 2.12 bits per heavy atom. The highest BCUT2D eigenvalue weighted by Gasteiger charge is 2.31. The highest BCUT2D eigenvalue weighted by molar-refractivity contribution is 7.98. The maximum Gasteiger partial charge on any atom is 0.227 e. The normalized spacial score (nSPS) is 16.9. The third-order valence-corrected chi connectivity index (χ3v) is 4.86. The summed E-state index contributed by atoms with van der Waals surface area (Å²) < 4.78 is 0. The smallest absolute Gasteiger partial charge is 0.227 e. The number of carbonyl (C=O) groups is 2. The summed E-state index contributed by atoms with van der Waals surface area (Å²) in [5.74, 6) is 1.49. The molecule has 130 valence electrons. The highest BCUT2D eigenvalue weighted by atomic mass is 32.2. The molecule has 1 fully saturated rings. The van der Waals surface area contributed by atoms with E-state index in [4.69, 9.17) is 0 Å². The lowest BCUT2D eigenvalue weighted by Crippen LogP contribution is -2.24. The Bertz CT molecular complexity index is 751. The van der Waals surface area contributed by atoms with Gasteiger partial charge in [0, 0.05) is 49.0 Å². The van der Waals surface area contributed by atoms with Gasteiger partial charge in [0.1, 0.15) is 5.82 Å². The van der Waals surface area contributed by atoms with Crippen molar-refractivity contribution >= 4 is 35.1 Å². The first kappa shape index (κ1) is 17.5. The van der Waals surface area contributed by atoms with Crippen molar-refractivity contribution in [3.8, 4) is 0 Å². The number of thioether (sulfide) groups is 1. The van der Waals surface area contributed by atoms with Crippen molar-refractivity contribution in [3.63, 3.8) is 0 Å². The second-order valence-electron chi connectivity index (χ2n) is 6.01. The molecule has 6 heteroatoms. The van der Waals surface area contributed by atoms with Crippen molar-refractivity contribution in [1.29, 1.82) is 0 Å². The van der Waals surface area contributed by atoms with Gasteiger partial charge in [-0.1, -0.05) is 30.3 Å². The van der Waals surface area contributed by atoms with Gasteiger partial charge in [0.25, 0.3) is 0 Å².